The highest BCUT2D eigenvalue weighted by Gasteiger charge is 2.29. The van der Waals surface area contributed by atoms with Crippen molar-refractivity contribution in [2.75, 3.05) is 26.2 Å². The van der Waals surface area contributed by atoms with Gasteiger partial charge in [-0.2, -0.15) is 0 Å². The number of piperidine rings is 2. The Morgan fingerprint density at radius 1 is 1.24 bits per heavy atom. The zero-order chi connectivity index (χ0) is 17.8. The van der Waals surface area contributed by atoms with Gasteiger partial charge < -0.3 is 14.5 Å². The number of likely N-dealkylation sites (tertiary alicyclic amines) is 2. The molecular weight excluding hydrogens is 319 g/mol. The zero-order valence-corrected chi connectivity index (χ0v) is 15.3. The summed E-state index contributed by atoms with van der Waals surface area (Å²) in [5, 5.41) is 0. The monoisotopic (exact) mass is 348 g/mol. The first-order valence-corrected chi connectivity index (χ1v) is 9.45. The van der Waals surface area contributed by atoms with Crippen LogP contribution < -0.4 is 4.74 Å². The van der Waals surface area contributed by atoms with Gasteiger partial charge in [-0.1, -0.05) is 6.07 Å². The van der Waals surface area contributed by atoms with E-state index in [0.717, 1.165) is 45.4 Å². The molecule has 4 nitrogen and oxygen atoms in total. The molecule has 5 heteroatoms. The molecule has 1 aromatic carbocycles. The number of carbonyl (C=O) groups is 1. The van der Waals surface area contributed by atoms with E-state index in [1.165, 1.54) is 12.1 Å². The van der Waals surface area contributed by atoms with Crippen LogP contribution in [0.3, 0.4) is 0 Å². The second kappa shape index (κ2) is 8.17. The summed E-state index contributed by atoms with van der Waals surface area (Å²) in [6, 6.07) is 6.68. The fourth-order valence-electron chi connectivity index (χ4n) is 3.90. The molecule has 0 aromatic heterocycles. The van der Waals surface area contributed by atoms with Crippen LogP contribution in [0.1, 0.15) is 39.5 Å². The Bertz CT molecular complexity index is 585. The third-order valence-electron chi connectivity index (χ3n) is 5.31. The maximum atomic E-state index is 13.2. The van der Waals surface area contributed by atoms with Gasteiger partial charge in [-0.15, -0.1) is 0 Å². The van der Waals surface area contributed by atoms with Crippen LogP contribution >= 0.6 is 0 Å². The number of nitrogens with zero attached hydrogens (tertiary/aromatic N) is 2. The smallest absolute Gasteiger partial charge is 0.222 e. The number of carbonyl (C=O) groups excluding carboxylic acids is 1. The summed E-state index contributed by atoms with van der Waals surface area (Å²) in [6.45, 7) is 8.14. The zero-order valence-electron chi connectivity index (χ0n) is 15.3. The number of hydrogen-bond acceptors (Lipinski definition) is 3. The molecule has 0 saturated carbocycles. The Balaban J connectivity index is 1.44. The lowest BCUT2D eigenvalue weighted by molar-refractivity contribution is -0.137. The quantitative estimate of drug-likeness (QED) is 0.818. The predicted molar refractivity (Wildman–Crippen MR) is 96.1 cm³/mol. The molecule has 2 aliphatic heterocycles. The lowest BCUT2D eigenvalue weighted by Gasteiger charge is -2.39. The van der Waals surface area contributed by atoms with Gasteiger partial charge >= 0.3 is 0 Å². The molecular formula is C20H29FN2O2. The summed E-state index contributed by atoms with van der Waals surface area (Å²) in [7, 11) is 0. The molecule has 0 bridgehead atoms. The van der Waals surface area contributed by atoms with Crippen LogP contribution in [-0.2, 0) is 4.79 Å². The molecule has 0 N–H and O–H groups in total. The molecule has 0 radical (unpaired) electrons. The molecule has 0 spiro atoms. The minimum Gasteiger partial charge on any atom is -0.490 e. The van der Waals surface area contributed by atoms with Gasteiger partial charge in [0.25, 0.3) is 0 Å². The lowest BCUT2D eigenvalue weighted by atomic mass is 9.95. The van der Waals surface area contributed by atoms with Crippen LogP contribution in [0.25, 0.3) is 0 Å². The largest absolute Gasteiger partial charge is 0.490 e. The number of ether oxygens (including phenoxy) is 1. The molecule has 1 aromatic rings. The number of hydrogen-bond donors (Lipinski definition) is 0. The van der Waals surface area contributed by atoms with Crippen molar-refractivity contribution < 1.29 is 13.9 Å². The number of benzene rings is 1. The average Bonchev–Trinajstić information content (AvgIpc) is 2.58. The summed E-state index contributed by atoms with van der Waals surface area (Å²) in [5.74, 6) is 1.24. The van der Waals surface area contributed by atoms with E-state index in [1.54, 1.807) is 6.07 Å². The summed E-state index contributed by atoms with van der Waals surface area (Å²) in [4.78, 5) is 16.5. The minimum atomic E-state index is -0.253. The summed E-state index contributed by atoms with van der Waals surface area (Å²) in [6.07, 6.45) is 3.79. The van der Waals surface area contributed by atoms with E-state index >= 15 is 0 Å². The number of halogens is 1. The van der Waals surface area contributed by atoms with Crippen molar-refractivity contribution in [3.63, 3.8) is 0 Å². The van der Waals surface area contributed by atoms with Crippen molar-refractivity contribution in [2.24, 2.45) is 5.92 Å². The van der Waals surface area contributed by atoms with Gasteiger partial charge in [0.2, 0.25) is 5.91 Å². The van der Waals surface area contributed by atoms with Crippen molar-refractivity contribution in [1.29, 1.82) is 0 Å². The van der Waals surface area contributed by atoms with E-state index in [9.17, 15) is 9.18 Å². The topological polar surface area (TPSA) is 32.8 Å². The SMILES string of the molecule is CC(C)N1CC(CN2CCC(Oc3cccc(F)c3)CC2)CCC1=O. The van der Waals surface area contributed by atoms with Crippen LogP contribution in [0.5, 0.6) is 5.75 Å². The molecule has 1 unspecified atom stereocenters. The number of rotatable bonds is 5. The lowest BCUT2D eigenvalue weighted by Crippen LogP contribution is -2.48. The molecule has 2 aliphatic rings. The Kier molecular flexibility index (Phi) is 5.94. The predicted octanol–water partition coefficient (Wildman–Crippen LogP) is 3.32. The minimum absolute atomic E-state index is 0.165. The summed E-state index contributed by atoms with van der Waals surface area (Å²) >= 11 is 0. The first-order chi connectivity index (χ1) is 12.0. The van der Waals surface area contributed by atoms with E-state index < -0.39 is 0 Å². The van der Waals surface area contributed by atoms with Crippen molar-refractivity contribution in [3.8, 4) is 5.75 Å². The maximum Gasteiger partial charge on any atom is 0.222 e. The normalized spacial score (nSPS) is 23.3. The summed E-state index contributed by atoms with van der Waals surface area (Å²) in [5.41, 5.74) is 0. The molecule has 3 rings (SSSR count). The van der Waals surface area contributed by atoms with Gasteiger partial charge in [-0.25, -0.2) is 4.39 Å². The van der Waals surface area contributed by atoms with Crippen molar-refractivity contribution in [2.45, 2.75) is 51.7 Å². The van der Waals surface area contributed by atoms with Gasteiger partial charge in [-0.05, 0) is 51.2 Å². The molecule has 2 saturated heterocycles. The maximum absolute atomic E-state index is 13.2. The van der Waals surface area contributed by atoms with E-state index in [1.807, 2.05) is 11.0 Å². The third kappa shape index (κ3) is 4.94. The molecule has 1 atom stereocenters. The Labute approximate surface area is 149 Å². The van der Waals surface area contributed by atoms with Gasteiger partial charge in [0.1, 0.15) is 17.7 Å². The first kappa shape index (κ1) is 18.2. The number of amides is 1. The van der Waals surface area contributed by atoms with Gasteiger partial charge in [0, 0.05) is 44.7 Å². The average molecular weight is 348 g/mol. The Morgan fingerprint density at radius 3 is 2.68 bits per heavy atom. The van der Waals surface area contributed by atoms with Crippen LogP contribution in [0.15, 0.2) is 24.3 Å². The first-order valence-electron chi connectivity index (χ1n) is 9.45. The van der Waals surface area contributed by atoms with Gasteiger partial charge in [0.05, 0.1) is 0 Å². The van der Waals surface area contributed by atoms with E-state index in [-0.39, 0.29) is 11.9 Å². The van der Waals surface area contributed by atoms with Gasteiger partial charge in [-0.3, -0.25) is 4.79 Å². The van der Waals surface area contributed by atoms with Crippen molar-refractivity contribution in [1.82, 2.24) is 9.80 Å². The second-order valence-electron chi connectivity index (χ2n) is 7.62. The van der Waals surface area contributed by atoms with Crippen molar-refractivity contribution >= 4 is 5.91 Å². The van der Waals surface area contributed by atoms with Crippen LogP contribution in [-0.4, -0.2) is 54.0 Å². The fraction of sp³-hybridized carbons (Fsp3) is 0.650. The van der Waals surface area contributed by atoms with Crippen LogP contribution in [0.2, 0.25) is 0 Å². The Morgan fingerprint density at radius 2 is 2.00 bits per heavy atom. The van der Waals surface area contributed by atoms with E-state index in [0.29, 0.717) is 30.0 Å². The molecule has 25 heavy (non-hydrogen) atoms. The molecule has 2 fully saturated rings. The standard InChI is InChI=1S/C20H29FN2O2/c1-15(2)23-14-16(6-7-20(23)24)13-22-10-8-18(9-11-22)25-19-5-3-4-17(21)12-19/h3-5,12,15-16,18H,6-11,13-14H2,1-2H3. The molecule has 1 amide bonds. The Hall–Kier alpha value is -1.62. The molecule has 2 heterocycles. The highest BCUT2D eigenvalue weighted by atomic mass is 19.1. The third-order valence-corrected chi connectivity index (χ3v) is 5.31. The molecule has 138 valence electrons. The highest BCUT2D eigenvalue weighted by molar-refractivity contribution is 5.77. The van der Waals surface area contributed by atoms with Crippen molar-refractivity contribution in [3.05, 3.63) is 30.1 Å². The molecule has 0 aliphatic carbocycles. The van der Waals surface area contributed by atoms with E-state index in [2.05, 4.69) is 18.7 Å². The van der Waals surface area contributed by atoms with Crippen LogP contribution in [0, 0.1) is 11.7 Å². The van der Waals surface area contributed by atoms with Gasteiger partial charge in [0.15, 0.2) is 0 Å². The van der Waals surface area contributed by atoms with E-state index in [4.69, 9.17) is 4.74 Å². The summed E-state index contributed by atoms with van der Waals surface area (Å²) < 4.78 is 19.2. The fourth-order valence-corrected chi connectivity index (χ4v) is 3.90. The highest BCUT2D eigenvalue weighted by Crippen LogP contribution is 2.24. The second-order valence-corrected chi connectivity index (χ2v) is 7.62. The van der Waals surface area contributed by atoms with Crippen LogP contribution in [0.4, 0.5) is 4.39 Å².